The molecule has 2 aliphatic rings. The fourth-order valence-electron chi connectivity index (χ4n) is 4.13. The molecule has 3 rings (SSSR count). The van der Waals surface area contributed by atoms with Gasteiger partial charge >= 0.3 is 5.97 Å². The Morgan fingerprint density at radius 1 is 1.37 bits per heavy atom. The van der Waals surface area contributed by atoms with Gasteiger partial charge in [-0.1, -0.05) is 19.1 Å². The zero-order chi connectivity index (χ0) is 19.4. The Labute approximate surface area is 162 Å². The molecule has 0 radical (unpaired) electrons. The summed E-state index contributed by atoms with van der Waals surface area (Å²) < 4.78 is 4.95. The van der Waals surface area contributed by atoms with Crippen LogP contribution in [0.4, 0.5) is 5.69 Å². The van der Waals surface area contributed by atoms with Crippen molar-refractivity contribution in [1.82, 2.24) is 10.2 Å². The minimum Gasteiger partial charge on any atom is -0.469 e. The maximum atomic E-state index is 12.0. The quantitative estimate of drug-likeness (QED) is 0.499. The van der Waals surface area contributed by atoms with Crippen LogP contribution >= 0.6 is 0 Å². The van der Waals surface area contributed by atoms with Gasteiger partial charge < -0.3 is 19.9 Å². The highest BCUT2D eigenvalue weighted by atomic mass is 16.5. The molecule has 2 atom stereocenters. The van der Waals surface area contributed by atoms with Crippen LogP contribution in [0.5, 0.6) is 0 Å². The highest BCUT2D eigenvalue weighted by Crippen LogP contribution is 2.27. The van der Waals surface area contributed by atoms with Gasteiger partial charge in [0, 0.05) is 38.9 Å². The summed E-state index contributed by atoms with van der Waals surface area (Å²) in [5, 5.41) is 3.38. The smallest absolute Gasteiger partial charge is 0.310 e. The molecule has 2 unspecified atom stereocenters. The molecule has 2 heterocycles. The third kappa shape index (κ3) is 4.37. The lowest BCUT2D eigenvalue weighted by atomic mass is 9.99. The summed E-state index contributed by atoms with van der Waals surface area (Å²) in [5.41, 5.74) is 3.99. The highest BCUT2D eigenvalue weighted by Gasteiger charge is 2.36. The zero-order valence-corrected chi connectivity index (χ0v) is 17.0. The fourth-order valence-corrected chi connectivity index (χ4v) is 4.13. The molecule has 1 saturated heterocycles. The van der Waals surface area contributed by atoms with Crippen LogP contribution in [0, 0.1) is 11.8 Å². The second-order valence-corrected chi connectivity index (χ2v) is 7.67. The van der Waals surface area contributed by atoms with Crippen LogP contribution in [0.2, 0.25) is 0 Å². The van der Waals surface area contributed by atoms with E-state index in [9.17, 15) is 4.79 Å². The van der Waals surface area contributed by atoms with Gasteiger partial charge in [0.1, 0.15) is 0 Å². The van der Waals surface area contributed by atoms with Gasteiger partial charge in [0.2, 0.25) is 0 Å². The number of benzene rings is 1. The first-order chi connectivity index (χ1) is 13.0. The molecule has 0 aliphatic carbocycles. The minimum absolute atomic E-state index is 0.0851. The van der Waals surface area contributed by atoms with Crippen LogP contribution in [0.25, 0.3) is 0 Å². The zero-order valence-electron chi connectivity index (χ0n) is 17.0. The number of ether oxygens (including phenoxy) is 1. The molecule has 0 amide bonds. The monoisotopic (exact) mass is 372 g/mol. The third-order valence-electron chi connectivity index (χ3n) is 5.66. The van der Waals surface area contributed by atoms with E-state index < -0.39 is 0 Å². The van der Waals surface area contributed by atoms with E-state index in [1.807, 2.05) is 0 Å². The number of hydrogen-bond acceptors (Lipinski definition) is 4. The number of carbonyl (C=O) groups excluding carboxylic acids is 1. The molecule has 0 spiro atoms. The number of fused-ring (bicyclic) bond motifs is 1. The molecular formula is C21H32N4O2. The molecule has 6 heteroatoms. The van der Waals surface area contributed by atoms with E-state index in [-0.39, 0.29) is 17.8 Å². The Kier molecular flexibility index (Phi) is 6.24. The van der Waals surface area contributed by atoms with E-state index in [1.165, 1.54) is 30.3 Å². The summed E-state index contributed by atoms with van der Waals surface area (Å²) >= 11 is 0. The summed E-state index contributed by atoms with van der Waals surface area (Å²) in [4.78, 5) is 21.3. The lowest BCUT2D eigenvalue weighted by Gasteiger charge is -2.27. The SMILES string of the molecule is CCNC(=NCc1ccc2c(c1)CCCN2C)N1CC(C)C(C(=O)OC)C1. The summed E-state index contributed by atoms with van der Waals surface area (Å²) in [6.45, 7) is 8.24. The number of anilines is 1. The van der Waals surface area contributed by atoms with Gasteiger partial charge in [-0.05, 0) is 42.9 Å². The van der Waals surface area contributed by atoms with E-state index >= 15 is 0 Å². The van der Waals surface area contributed by atoms with Crippen molar-refractivity contribution in [2.45, 2.75) is 33.2 Å². The van der Waals surface area contributed by atoms with Gasteiger partial charge in [-0.3, -0.25) is 4.79 Å². The summed E-state index contributed by atoms with van der Waals surface area (Å²) in [5.74, 6) is 0.934. The van der Waals surface area contributed by atoms with Crippen molar-refractivity contribution in [1.29, 1.82) is 0 Å². The molecule has 27 heavy (non-hydrogen) atoms. The van der Waals surface area contributed by atoms with Crippen molar-refractivity contribution < 1.29 is 9.53 Å². The molecule has 1 aromatic rings. The molecule has 0 aromatic heterocycles. The van der Waals surface area contributed by atoms with E-state index in [0.717, 1.165) is 32.0 Å². The first kappa shape index (κ1) is 19.5. The number of rotatable bonds is 4. The maximum absolute atomic E-state index is 12.0. The van der Waals surface area contributed by atoms with Crippen LogP contribution in [-0.2, 0) is 22.5 Å². The van der Waals surface area contributed by atoms with Crippen molar-refractivity contribution in [2.75, 3.05) is 45.2 Å². The molecule has 6 nitrogen and oxygen atoms in total. The first-order valence-corrected chi connectivity index (χ1v) is 9.97. The molecule has 0 bridgehead atoms. The Balaban J connectivity index is 1.72. The van der Waals surface area contributed by atoms with Crippen LogP contribution in [0.15, 0.2) is 23.2 Å². The number of aryl methyl sites for hydroxylation is 1. The lowest BCUT2D eigenvalue weighted by molar-refractivity contribution is -0.145. The number of esters is 1. The van der Waals surface area contributed by atoms with E-state index in [4.69, 9.17) is 9.73 Å². The van der Waals surface area contributed by atoms with Crippen LogP contribution in [0.3, 0.4) is 0 Å². The first-order valence-electron chi connectivity index (χ1n) is 9.97. The molecule has 148 valence electrons. The fraction of sp³-hybridized carbons (Fsp3) is 0.619. The second-order valence-electron chi connectivity index (χ2n) is 7.67. The molecule has 0 saturated carbocycles. The van der Waals surface area contributed by atoms with Gasteiger partial charge in [0.15, 0.2) is 5.96 Å². The number of nitrogens with one attached hydrogen (secondary N) is 1. The van der Waals surface area contributed by atoms with Crippen LogP contribution < -0.4 is 10.2 Å². The van der Waals surface area contributed by atoms with Crippen molar-refractivity contribution in [3.05, 3.63) is 29.3 Å². The molecule has 1 N–H and O–H groups in total. The van der Waals surface area contributed by atoms with Gasteiger partial charge in [0.05, 0.1) is 19.6 Å². The standard InChI is InChI=1S/C21H32N4O2/c1-5-22-21(25-13-15(2)18(14-25)20(26)27-4)23-12-16-8-9-19-17(11-16)7-6-10-24(19)3/h8-9,11,15,18H,5-7,10,12-14H2,1-4H3,(H,22,23). The predicted octanol–water partition coefficient (Wildman–Crippen LogP) is 2.28. The predicted molar refractivity (Wildman–Crippen MR) is 109 cm³/mol. The number of aliphatic imine (C=N–C) groups is 1. The van der Waals surface area contributed by atoms with Gasteiger partial charge in [-0.25, -0.2) is 4.99 Å². The van der Waals surface area contributed by atoms with Gasteiger partial charge in [-0.15, -0.1) is 0 Å². The normalized spacial score (nSPS) is 22.6. The maximum Gasteiger partial charge on any atom is 0.310 e. The number of guanidine groups is 1. The summed E-state index contributed by atoms with van der Waals surface area (Å²) in [7, 11) is 3.62. The Morgan fingerprint density at radius 3 is 2.93 bits per heavy atom. The number of likely N-dealkylation sites (tertiary alicyclic amines) is 1. The minimum atomic E-state index is -0.125. The van der Waals surface area contributed by atoms with Gasteiger partial charge in [-0.2, -0.15) is 0 Å². The topological polar surface area (TPSA) is 57.2 Å². The average Bonchev–Trinajstić information content (AvgIpc) is 3.06. The van der Waals surface area contributed by atoms with Crippen molar-refractivity contribution in [2.24, 2.45) is 16.8 Å². The largest absolute Gasteiger partial charge is 0.469 e. The number of methoxy groups -OCH3 is 1. The van der Waals surface area contributed by atoms with Crippen molar-refractivity contribution in [3.8, 4) is 0 Å². The highest BCUT2D eigenvalue weighted by molar-refractivity contribution is 5.82. The molecule has 1 fully saturated rings. The van der Waals surface area contributed by atoms with E-state index in [0.29, 0.717) is 13.1 Å². The summed E-state index contributed by atoms with van der Waals surface area (Å²) in [6, 6.07) is 6.69. The van der Waals surface area contributed by atoms with Crippen molar-refractivity contribution in [3.63, 3.8) is 0 Å². The van der Waals surface area contributed by atoms with Crippen LogP contribution in [0.1, 0.15) is 31.4 Å². The summed E-state index contributed by atoms with van der Waals surface area (Å²) in [6.07, 6.45) is 2.35. The van der Waals surface area contributed by atoms with Crippen molar-refractivity contribution >= 4 is 17.6 Å². The number of carbonyl (C=O) groups is 1. The molecule has 2 aliphatic heterocycles. The number of nitrogens with zero attached hydrogens (tertiary/aromatic N) is 3. The van der Waals surface area contributed by atoms with E-state index in [1.54, 1.807) is 0 Å². The Hall–Kier alpha value is -2.24. The van der Waals surface area contributed by atoms with E-state index in [2.05, 4.69) is 54.2 Å². The second kappa shape index (κ2) is 8.63. The molecular weight excluding hydrogens is 340 g/mol. The van der Waals surface area contributed by atoms with Gasteiger partial charge in [0.25, 0.3) is 0 Å². The third-order valence-corrected chi connectivity index (χ3v) is 5.66. The molecule has 1 aromatic carbocycles. The average molecular weight is 373 g/mol. The lowest BCUT2D eigenvalue weighted by Crippen LogP contribution is -2.40. The number of hydrogen-bond donors (Lipinski definition) is 1. The Bertz CT molecular complexity index is 703. The Morgan fingerprint density at radius 2 is 2.19 bits per heavy atom. The van der Waals surface area contributed by atoms with Crippen LogP contribution in [-0.4, -0.2) is 57.2 Å².